The van der Waals surface area contributed by atoms with E-state index < -0.39 is 0 Å². The molecule has 1 aromatic rings. The zero-order valence-electron chi connectivity index (χ0n) is 6.05. The summed E-state index contributed by atoms with van der Waals surface area (Å²) in [6, 6.07) is 0. The van der Waals surface area contributed by atoms with Gasteiger partial charge in [-0.25, -0.2) is 9.97 Å². The number of aryl methyl sites for hydroxylation is 1. The van der Waals surface area contributed by atoms with Gasteiger partial charge >= 0.3 is 0 Å². The molecular weight excluding hydrogens is 124 g/mol. The van der Waals surface area contributed by atoms with Gasteiger partial charge in [0, 0.05) is 12.4 Å². The third kappa shape index (κ3) is 1.56. The molecule has 0 aliphatic carbocycles. The summed E-state index contributed by atoms with van der Waals surface area (Å²) in [5.74, 6) is 6.08. The van der Waals surface area contributed by atoms with Crippen LogP contribution in [0.15, 0.2) is 12.4 Å². The molecule has 2 heteroatoms. The maximum atomic E-state index is 3.98. The van der Waals surface area contributed by atoms with Crippen LogP contribution in [0, 0.1) is 18.8 Å². The van der Waals surface area contributed by atoms with Crippen molar-refractivity contribution < 1.29 is 0 Å². The third-order valence-electron chi connectivity index (χ3n) is 1.02. The molecule has 10 heavy (non-hydrogen) atoms. The summed E-state index contributed by atoms with van der Waals surface area (Å²) in [7, 11) is 0. The van der Waals surface area contributed by atoms with E-state index in [1.54, 1.807) is 19.3 Å². The molecule has 0 bridgehead atoms. The topological polar surface area (TPSA) is 25.8 Å². The molecule has 0 aliphatic heterocycles. The number of nitrogens with zero attached hydrogens (tertiary/aromatic N) is 2. The number of rotatable bonds is 0. The van der Waals surface area contributed by atoms with E-state index >= 15 is 0 Å². The van der Waals surface area contributed by atoms with Gasteiger partial charge in [0.2, 0.25) is 5.82 Å². The van der Waals surface area contributed by atoms with Crippen molar-refractivity contribution in [2.75, 3.05) is 0 Å². The first-order chi connectivity index (χ1) is 4.83. The molecule has 1 aromatic heterocycles. The van der Waals surface area contributed by atoms with Crippen molar-refractivity contribution in [1.29, 1.82) is 0 Å². The van der Waals surface area contributed by atoms with Gasteiger partial charge in [-0.15, -0.1) is 0 Å². The van der Waals surface area contributed by atoms with E-state index in [-0.39, 0.29) is 0 Å². The van der Waals surface area contributed by atoms with Gasteiger partial charge < -0.3 is 0 Å². The van der Waals surface area contributed by atoms with Crippen molar-refractivity contribution >= 4 is 0 Å². The molecule has 1 heterocycles. The first kappa shape index (κ1) is 6.76. The van der Waals surface area contributed by atoms with Gasteiger partial charge in [-0.2, -0.15) is 0 Å². The molecule has 0 radical (unpaired) electrons. The Morgan fingerprint density at radius 1 is 1.30 bits per heavy atom. The van der Waals surface area contributed by atoms with Crippen LogP contribution in [0.5, 0.6) is 0 Å². The first-order valence-electron chi connectivity index (χ1n) is 3.04. The molecule has 0 atom stereocenters. The fourth-order valence-corrected chi connectivity index (χ4v) is 0.569. The Morgan fingerprint density at radius 2 is 1.90 bits per heavy atom. The lowest BCUT2D eigenvalue weighted by Gasteiger charge is -1.88. The average molecular weight is 132 g/mol. The lowest BCUT2D eigenvalue weighted by Crippen LogP contribution is -1.87. The van der Waals surface area contributed by atoms with Crippen LogP contribution in [0.25, 0.3) is 0 Å². The monoisotopic (exact) mass is 132 g/mol. The first-order valence-corrected chi connectivity index (χ1v) is 3.04. The number of aromatic nitrogens is 2. The lowest BCUT2D eigenvalue weighted by atomic mass is 10.4. The van der Waals surface area contributed by atoms with Crippen molar-refractivity contribution in [3.63, 3.8) is 0 Å². The normalized spacial score (nSPS) is 8.20. The van der Waals surface area contributed by atoms with Gasteiger partial charge in [0.15, 0.2) is 0 Å². The molecule has 0 amide bonds. The summed E-state index contributed by atoms with van der Waals surface area (Å²) < 4.78 is 0. The minimum atomic E-state index is 0.591. The Hall–Kier alpha value is -1.36. The van der Waals surface area contributed by atoms with Crippen LogP contribution in [-0.2, 0) is 0 Å². The number of hydrogen-bond acceptors (Lipinski definition) is 2. The zero-order chi connectivity index (χ0) is 7.40. The number of hydrogen-bond donors (Lipinski definition) is 0. The minimum absolute atomic E-state index is 0.591. The largest absolute Gasteiger partial charge is 0.229 e. The smallest absolute Gasteiger partial charge is 0.204 e. The van der Waals surface area contributed by atoms with Gasteiger partial charge in [0.1, 0.15) is 0 Å². The summed E-state index contributed by atoms with van der Waals surface area (Å²) in [5, 5.41) is 0. The predicted molar refractivity (Wildman–Crippen MR) is 39.3 cm³/mol. The van der Waals surface area contributed by atoms with Gasteiger partial charge in [-0.05, 0) is 25.3 Å². The molecule has 50 valence electrons. The van der Waals surface area contributed by atoms with Crippen LogP contribution in [0.2, 0.25) is 0 Å². The maximum absolute atomic E-state index is 3.98. The van der Waals surface area contributed by atoms with E-state index in [1.165, 1.54) is 0 Å². The van der Waals surface area contributed by atoms with Gasteiger partial charge in [-0.3, -0.25) is 0 Å². The Bertz CT molecular complexity index is 264. The van der Waals surface area contributed by atoms with Crippen molar-refractivity contribution in [1.82, 2.24) is 9.97 Å². The minimum Gasteiger partial charge on any atom is -0.229 e. The second-order valence-electron chi connectivity index (χ2n) is 1.96. The van der Waals surface area contributed by atoms with E-state index in [4.69, 9.17) is 0 Å². The lowest BCUT2D eigenvalue weighted by molar-refractivity contribution is 1.09. The van der Waals surface area contributed by atoms with E-state index in [0.29, 0.717) is 5.82 Å². The average Bonchev–Trinajstić information content (AvgIpc) is 1.95. The molecule has 0 unspecified atom stereocenters. The second-order valence-corrected chi connectivity index (χ2v) is 1.96. The molecule has 0 aromatic carbocycles. The molecule has 0 saturated heterocycles. The summed E-state index contributed by atoms with van der Waals surface area (Å²) in [5.41, 5.74) is 1.06. The second kappa shape index (κ2) is 2.98. The van der Waals surface area contributed by atoms with Crippen molar-refractivity contribution in [2.45, 2.75) is 13.8 Å². The summed E-state index contributed by atoms with van der Waals surface area (Å²) in [4.78, 5) is 7.97. The quantitative estimate of drug-likeness (QED) is 0.495. The molecule has 1 rings (SSSR count). The van der Waals surface area contributed by atoms with Crippen LogP contribution >= 0.6 is 0 Å². The highest BCUT2D eigenvalue weighted by Crippen LogP contribution is 1.90. The van der Waals surface area contributed by atoms with Crippen LogP contribution < -0.4 is 0 Å². The zero-order valence-corrected chi connectivity index (χ0v) is 6.05. The van der Waals surface area contributed by atoms with E-state index in [0.717, 1.165) is 5.56 Å². The fourth-order valence-electron chi connectivity index (χ4n) is 0.569. The summed E-state index contributed by atoms with van der Waals surface area (Å²) in [6.45, 7) is 3.71. The summed E-state index contributed by atoms with van der Waals surface area (Å²) >= 11 is 0. The van der Waals surface area contributed by atoms with E-state index in [1.807, 2.05) is 6.92 Å². The summed E-state index contributed by atoms with van der Waals surface area (Å²) in [6.07, 6.45) is 3.51. The predicted octanol–water partition coefficient (Wildman–Crippen LogP) is 1.16. The van der Waals surface area contributed by atoms with Crippen LogP contribution in [0.3, 0.4) is 0 Å². The Kier molecular flexibility index (Phi) is 2.01. The van der Waals surface area contributed by atoms with Gasteiger partial charge in [0.25, 0.3) is 0 Å². The van der Waals surface area contributed by atoms with Crippen molar-refractivity contribution in [2.24, 2.45) is 0 Å². The molecule has 2 nitrogen and oxygen atoms in total. The van der Waals surface area contributed by atoms with Crippen LogP contribution in [-0.4, -0.2) is 9.97 Å². The Morgan fingerprint density at radius 3 is 2.40 bits per heavy atom. The molecule has 0 spiro atoms. The standard InChI is InChI=1S/C8H8N2/c1-3-4-8-9-5-7(2)6-10-8/h5-6H,1-2H3. The maximum Gasteiger partial charge on any atom is 0.204 e. The van der Waals surface area contributed by atoms with Crippen LogP contribution in [0.4, 0.5) is 0 Å². The molecule has 0 saturated carbocycles. The van der Waals surface area contributed by atoms with E-state index in [2.05, 4.69) is 21.8 Å². The fraction of sp³-hybridized carbons (Fsp3) is 0.250. The van der Waals surface area contributed by atoms with Crippen molar-refractivity contribution in [3.8, 4) is 11.8 Å². The highest BCUT2D eigenvalue weighted by atomic mass is 14.8. The van der Waals surface area contributed by atoms with E-state index in [9.17, 15) is 0 Å². The molecular formula is C8H8N2. The Balaban J connectivity index is 2.97. The SMILES string of the molecule is CC#Cc1ncc(C)cn1. The highest BCUT2D eigenvalue weighted by Gasteiger charge is 1.86. The van der Waals surface area contributed by atoms with Crippen LogP contribution in [0.1, 0.15) is 18.3 Å². The third-order valence-corrected chi connectivity index (χ3v) is 1.02. The molecule has 0 N–H and O–H groups in total. The van der Waals surface area contributed by atoms with Crippen molar-refractivity contribution in [3.05, 3.63) is 23.8 Å². The highest BCUT2D eigenvalue weighted by molar-refractivity contribution is 5.19. The molecule has 0 fully saturated rings. The van der Waals surface area contributed by atoms with Gasteiger partial charge in [0.05, 0.1) is 0 Å². The molecule has 0 aliphatic rings. The van der Waals surface area contributed by atoms with Gasteiger partial charge in [-0.1, -0.05) is 5.92 Å². The Labute approximate surface area is 60.3 Å².